The maximum atomic E-state index is 13.2. The van der Waals surface area contributed by atoms with Crippen LogP contribution in [0.3, 0.4) is 0 Å². The number of hydrazine groups is 1. The Morgan fingerprint density at radius 1 is 1.50 bits per heavy atom. The fraction of sp³-hybridized carbons (Fsp3) is 0.182. The first-order chi connectivity index (χ1) is 7.72. The molecule has 0 aliphatic rings. The van der Waals surface area contributed by atoms with Crippen LogP contribution in [0.2, 0.25) is 0 Å². The molecule has 0 amide bonds. The fourth-order valence-corrected chi connectivity index (χ4v) is 2.31. The topological polar surface area (TPSA) is 50.9 Å². The Balaban J connectivity index is 2.44. The number of aromatic nitrogens is 1. The van der Waals surface area contributed by atoms with Crippen LogP contribution in [-0.4, -0.2) is 4.98 Å². The van der Waals surface area contributed by atoms with Crippen molar-refractivity contribution < 1.29 is 4.39 Å². The van der Waals surface area contributed by atoms with Gasteiger partial charge in [-0.25, -0.2) is 9.82 Å². The van der Waals surface area contributed by atoms with Gasteiger partial charge in [0.05, 0.1) is 11.6 Å². The van der Waals surface area contributed by atoms with Crippen LogP contribution >= 0.6 is 11.3 Å². The van der Waals surface area contributed by atoms with Crippen LogP contribution in [-0.2, 0) is 0 Å². The van der Waals surface area contributed by atoms with Gasteiger partial charge < -0.3 is 0 Å². The zero-order valence-electron chi connectivity index (χ0n) is 8.77. The number of thiazole rings is 1. The molecule has 1 aromatic carbocycles. The molecule has 1 heterocycles. The van der Waals surface area contributed by atoms with E-state index in [0.29, 0.717) is 0 Å². The normalized spacial score (nSPS) is 12.7. The summed E-state index contributed by atoms with van der Waals surface area (Å²) >= 11 is 1.49. The molecule has 1 aromatic heterocycles. The predicted molar refractivity (Wildman–Crippen MR) is 62.4 cm³/mol. The van der Waals surface area contributed by atoms with E-state index >= 15 is 0 Å². The van der Waals surface area contributed by atoms with Crippen molar-refractivity contribution in [1.29, 1.82) is 0 Å². The van der Waals surface area contributed by atoms with Gasteiger partial charge in [-0.1, -0.05) is 6.07 Å². The first-order valence-electron chi connectivity index (χ1n) is 4.83. The predicted octanol–water partition coefficient (Wildman–Crippen LogP) is 2.14. The third-order valence-corrected chi connectivity index (χ3v) is 3.30. The van der Waals surface area contributed by atoms with E-state index < -0.39 is 0 Å². The molecule has 0 bridgehead atoms. The van der Waals surface area contributed by atoms with Gasteiger partial charge >= 0.3 is 0 Å². The largest absolute Gasteiger partial charge is 0.271 e. The lowest BCUT2D eigenvalue weighted by Crippen LogP contribution is -2.28. The third-order valence-electron chi connectivity index (χ3n) is 2.45. The average molecular weight is 237 g/mol. The Labute approximate surface area is 97.1 Å². The molecular weight excluding hydrogens is 225 g/mol. The van der Waals surface area contributed by atoms with E-state index in [9.17, 15) is 4.39 Å². The number of rotatable bonds is 3. The minimum Gasteiger partial charge on any atom is -0.271 e. The molecule has 0 aliphatic carbocycles. The molecule has 1 unspecified atom stereocenters. The van der Waals surface area contributed by atoms with Gasteiger partial charge in [-0.3, -0.25) is 10.8 Å². The maximum absolute atomic E-state index is 13.2. The summed E-state index contributed by atoms with van der Waals surface area (Å²) in [5.41, 5.74) is 6.26. The van der Waals surface area contributed by atoms with Gasteiger partial charge in [0.1, 0.15) is 5.82 Å². The number of aryl methyl sites for hydroxylation is 1. The second-order valence-electron chi connectivity index (χ2n) is 3.50. The first-order valence-corrected chi connectivity index (χ1v) is 5.71. The van der Waals surface area contributed by atoms with Crippen LogP contribution in [0.15, 0.2) is 29.9 Å². The number of hydrogen-bond acceptors (Lipinski definition) is 4. The SMILES string of the molecule is Cc1ccc(F)cc1C(NN)c1cncs1. The van der Waals surface area contributed by atoms with Gasteiger partial charge in [0.25, 0.3) is 0 Å². The number of halogens is 1. The summed E-state index contributed by atoms with van der Waals surface area (Å²) in [6.45, 7) is 1.93. The Kier molecular flexibility index (Phi) is 3.28. The van der Waals surface area contributed by atoms with E-state index in [2.05, 4.69) is 10.4 Å². The highest BCUT2D eigenvalue weighted by atomic mass is 32.1. The van der Waals surface area contributed by atoms with Crippen LogP contribution in [0.4, 0.5) is 4.39 Å². The lowest BCUT2D eigenvalue weighted by molar-refractivity contribution is 0.606. The Morgan fingerprint density at radius 2 is 2.31 bits per heavy atom. The van der Waals surface area contributed by atoms with Crippen molar-refractivity contribution in [1.82, 2.24) is 10.4 Å². The van der Waals surface area contributed by atoms with Gasteiger partial charge in [0.15, 0.2) is 0 Å². The Hall–Kier alpha value is -1.30. The first kappa shape index (κ1) is 11.2. The molecule has 0 spiro atoms. The smallest absolute Gasteiger partial charge is 0.123 e. The van der Waals surface area contributed by atoms with Gasteiger partial charge in [-0.15, -0.1) is 11.3 Å². The monoisotopic (exact) mass is 237 g/mol. The fourth-order valence-electron chi connectivity index (χ4n) is 1.62. The zero-order chi connectivity index (χ0) is 11.5. The van der Waals surface area contributed by atoms with Crippen LogP contribution in [0.1, 0.15) is 22.0 Å². The molecule has 0 aliphatic heterocycles. The van der Waals surface area contributed by atoms with Crippen molar-refractivity contribution in [2.24, 2.45) is 5.84 Å². The van der Waals surface area contributed by atoms with Crippen molar-refractivity contribution >= 4 is 11.3 Å². The molecule has 16 heavy (non-hydrogen) atoms. The molecule has 84 valence electrons. The molecule has 1 atom stereocenters. The van der Waals surface area contributed by atoms with Crippen LogP contribution in [0.25, 0.3) is 0 Å². The second-order valence-corrected chi connectivity index (χ2v) is 4.42. The van der Waals surface area contributed by atoms with Crippen LogP contribution in [0.5, 0.6) is 0 Å². The highest BCUT2D eigenvalue weighted by Crippen LogP contribution is 2.27. The van der Waals surface area contributed by atoms with Crippen molar-refractivity contribution in [2.75, 3.05) is 0 Å². The number of nitrogens with two attached hydrogens (primary N) is 1. The summed E-state index contributed by atoms with van der Waals surface area (Å²) < 4.78 is 13.2. The summed E-state index contributed by atoms with van der Waals surface area (Å²) in [5, 5.41) is 0. The lowest BCUT2D eigenvalue weighted by atomic mass is 10.0. The number of hydrogen-bond donors (Lipinski definition) is 2. The summed E-state index contributed by atoms with van der Waals surface area (Å²) in [4.78, 5) is 4.97. The molecular formula is C11H12FN3S. The summed E-state index contributed by atoms with van der Waals surface area (Å²) in [7, 11) is 0. The third kappa shape index (κ3) is 2.11. The number of nitrogens with one attached hydrogen (secondary N) is 1. The molecule has 2 rings (SSSR count). The Morgan fingerprint density at radius 3 is 2.94 bits per heavy atom. The standard InChI is InChI=1S/C11H12FN3S/c1-7-2-3-8(12)4-9(7)11(15-13)10-5-14-6-16-10/h2-6,11,15H,13H2,1H3. The van der Waals surface area contributed by atoms with Crippen LogP contribution < -0.4 is 11.3 Å². The highest BCUT2D eigenvalue weighted by Gasteiger charge is 2.16. The van der Waals surface area contributed by atoms with E-state index in [1.165, 1.54) is 23.5 Å². The molecule has 2 aromatic rings. The van der Waals surface area contributed by atoms with Crippen molar-refractivity contribution in [3.05, 3.63) is 51.7 Å². The summed E-state index contributed by atoms with van der Waals surface area (Å²) in [6, 6.07) is 4.48. The van der Waals surface area contributed by atoms with Gasteiger partial charge in [-0.2, -0.15) is 0 Å². The molecule has 3 N–H and O–H groups in total. The van der Waals surface area contributed by atoms with Crippen LogP contribution in [0, 0.1) is 12.7 Å². The van der Waals surface area contributed by atoms with E-state index in [1.54, 1.807) is 17.8 Å². The molecule has 3 nitrogen and oxygen atoms in total. The molecule has 0 radical (unpaired) electrons. The van der Waals surface area contributed by atoms with Crippen molar-refractivity contribution in [3.63, 3.8) is 0 Å². The van der Waals surface area contributed by atoms with E-state index in [-0.39, 0.29) is 11.9 Å². The van der Waals surface area contributed by atoms with Gasteiger partial charge in [0, 0.05) is 11.1 Å². The second kappa shape index (κ2) is 4.69. The van der Waals surface area contributed by atoms with E-state index in [1.807, 2.05) is 6.92 Å². The average Bonchev–Trinajstić information content (AvgIpc) is 2.78. The van der Waals surface area contributed by atoms with Crippen molar-refractivity contribution in [3.8, 4) is 0 Å². The Bertz CT molecular complexity index is 470. The molecule has 0 saturated carbocycles. The highest BCUT2D eigenvalue weighted by molar-refractivity contribution is 7.09. The molecule has 0 fully saturated rings. The minimum absolute atomic E-state index is 0.205. The lowest BCUT2D eigenvalue weighted by Gasteiger charge is -2.16. The number of benzene rings is 1. The maximum Gasteiger partial charge on any atom is 0.123 e. The molecule has 5 heteroatoms. The minimum atomic E-state index is -0.259. The van der Waals surface area contributed by atoms with E-state index in [0.717, 1.165) is 16.0 Å². The van der Waals surface area contributed by atoms with Crippen molar-refractivity contribution in [2.45, 2.75) is 13.0 Å². The molecule has 0 saturated heterocycles. The van der Waals surface area contributed by atoms with Gasteiger partial charge in [-0.05, 0) is 30.2 Å². The van der Waals surface area contributed by atoms with Gasteiger partial charge in [0.2, 0.25) is 0 Å². The van der Waals surface area contributed by atoms with E-state index in [4.69, 9.17) is 5.84 Å². The summed E-state index contributed by atoms with van der Waals surface area (Å²) in [5.74, 6) is 5.26. The zero-order valence-corrected chi connectivity index (χ0v) is 9.59. The number of nitrogens with zero attached hydrogens (tertiary/aromatic N) is 1. The summed E-state index contributed by atoms with van der Waals surface area (Å²) in [6.07, 6.45) is 1.74. The quantitative estimate of drug-likeness (QED) is 0.635.